The first-order valence-corrected chi connectivity index (χ1v) is 4.75. The van der Waals surface area contributed by atoms with Gasteiger partial charge in [0.1, 0.15) is 0 Å². The van der Waals surface area contributed by atoms with Gasteiger partial charge in [-0.1, -0.05) is 13.0 Å². The molecule has 2 heteroatoms. The highest BCUT2D eigenvalue weighted by molar-refractivity contribution is 4.85. The quantitative estimate of drug-likeness (QED) is 0.641. The van der Waals surface area contributed by atoms with E-state index in [9.17, 15) is 0 Å². The highest BCUT2D eigenvalue weighted by Gasteiger charge is 2.29. The molecule has 0 bridgehead atoms. The largest absolute Gasteiger partial charge is 0.395 e. The molecule has 1 aliphatic heterocycles. The van der Waals surface area contributed by atoms with E-state index in [4.69, 9.17) is 5.11 Å². The lowest BCUT2D eigenvalue weighted by Gasteiger charge is -2.24. The Labute approximate surface area is 74.9 Å². The van der Waals surface area contributed by atoms with Crippen molar-refractivity contribution in [1.82, 2.24) is 4.90 Å². The Morgan fingerprint density at radius 3 is 3.00 bits per heavy atom. The molecule has 0 aromatic heterocycles. The van der Waals surface area contributed by atoms with E-state index in [0.29, 0.717) is 18.6 Å². The van der Waals surface area contributed by atoms with Gasteiger partial charge in [-0.25, -0.2) is 0 Å². The van der Waals surface area contributed by atoms with Crippen LogP contribution in [0.3, 0.4) is 0 Å². The SMILES string of the molecule is C=CCCN1CCC(C)C1CO. The molecule has 1 fully saturated rings. The molecular weight excluding hydrogens is 150 g/mol. The van der Waals surface area contributed by atoms with Crippen molar-refractivity contribution in [3.63, 3.8) is 0 Å². The topological polar surface area (TPSA) is 23.5 Å². The summed E-state index contributed by atoms with van der Waals surface area (Å²) in [6, 6.07) is 0.393. The summed E-state index contributed by atoms with van der Waals surface area (Å²) in [5.41, 5.74) is 0. The van der Waals surface area contributed by atoms with Gasteiger partial charge in [0.25, 0.3) is 0 Å². The number of likely N-dealkylation sites (tertiary alicyclic amines) is 1. The Bertz CT molecular complexity index is 147. The first-order valence-electron chi connectivity index (χ1n) is 4.75. The van der Waals surface area contributed by atoms with Crippen molar-refractivity contribution in [3.8, 4) is 0 Å². The lowest BCUT2D eigenvalue weighted by atomic mass is 10.0. The molecule has 0 aliphatic carbocycles. The van der Waals surface area contributed by atoms with Crippen molar-refractivity contribution in [2.75, 3.05) is 19.7 Å². The Morgan fingerprint density at radius 1 is 1.67 bits per heavy atom. The van der Waals surface area contributed by atoms with E-state index in [-0.39, 0.29) is 0 Å². The lowest BCUT2D eigenvalue weighted by Crippen LogP contribution is -2.35. The van der Waals surface area contributed by atoms with Crippen molar-refractivity contribution in [2.24, 2.45) is 5.92 Å². The van der Waals surface area contributed by atoms with E-state index in [1.165, 1.54) is 6.42 Å². The lowest BCUT2D eigenvalue weighted by molar-refractivity contribution is 0.141. The van der Waals surface area contributed by atoms with Gasteiger partial charge in [-0.2, -0.15) is 0 Å². The zero-order chi connectivity index (χ0) is 8.97. The molecule has 0 aromatic carbocycles. The van der Waals surface area contributed by atoms with Crippen LogP contribution in [0, 0.1) is 5.92 Å². The number of aliphatic hydroxyl groups excluding tert-OH is 1. The van der Waals surface area contributed by atoms with Crippen LogP contribution in [0.4, 0.5) is 0 Å². The monoisotopic (exact) mass is 169 g/mol. The first kappa shape index (κ1) is 9.75. The van der Waals surface area contributed by atoms with Gasteiger partial charge in [-0.3, -0.25) is 4.90 Å². The molecule has 2 unspecified atom stereocenters. The number of rotatable bonds is 4. The molecule has 0 radical (unpaired) electrons. The van der Waals surface area contributed by atoms with E-state index in [1.807, 2.05) is 6.08 Å². The van der Waals surface area contributed by atoms with Crippen LogP contribution in [-0.2, 0) is 0 Å². The summed E-state index contributed by atoms with van der Waals surface area (Å²) in [5.74, 6) is 0.653. The third-order valence-electron chi connectivity index (χ3n) is 2.81. The van der Waals surface area contributed by atoms with Gasteiger partial charge in [-0.05, 0) is 25.3 Å². The molecule has 1 heterocycles. The van der Waals surface area contributed by atoms with Crippen LogP contribution in [0.15, 0.2) is 12.7 Å². The summed E-state index contributed by atoms with van der Waals surface area (Å²) in [6.45, 7) is 8.42. The Balaban J connectivity index is 2.37. The number of hydrogen-bond acceptors (Lipinski definition) is 2. The van der Waals surface area contributed by atoms with Crippen molar-refractivity contribution in [2.45, 2.75) is 25.8 Å². The van der Waals surface area contributed by atoms with Crippen LogP contribution in [-0.4, -0.2) is 35.7 Å². The highest BCUT2D eigenvalue weighted by atomic mass is 16.3. The first-order chi connectivity index (χ1) is 5.79. The molecule has 0 amide bonds. The molecule has 70 valence electrons. The molecule has 0 spiro atoms. The molecule has 1 aliphatic rings. The predicted octanol–water partition coefficient (Wildman–Crippen LogP) is 1.27. The van der Waals surface area contributed by atoms with Crippen LogP contribution in [0.5, 0.6) is 0 Å². The van der Waals surface area contributed by atoms with Gasteiger partial charge < -0.3 is 5.11 Å². The van der Waals surface area contributed by atoms with Crippen molar-refractivity contribution in [1.29, 1.82) is 0 Å². The maximum absolute atomic E-state index is 9.14. The third-order valence-corrected chi connectivity index (χ3v) is 2.81. The normalized spacial score (nSPS) is 30.8. The average Bonchev–Trinajstić information content (AvgIpc) is 2.43. The summed E-state index contributed by atoms with van der Waals surface area (Å²) >= 11 is 0. The molecule has 12 heavy (non-hydrogen) atoms. The van der Waals surface area contributed by atoms with E-state index in [0.717, 1.165) is 19.5 Å². The minimum atomic E-state index is 0.304. The summed E-state index contributed by atoms with van der Waals surface area (Å²) in [5, 5.41) is 9.14. The molecule has 0 aromatic rings. The summed E-state index contributed by atoms with van der Waals surface area (Å²) in [6.07, 6.45) is 4.20. The smallest absolute Gasteiger partial charge is 0.0589 e. The number of aliphatic hydroxyl groups is 1. The molecular formula is C10H19NO. The summed E-state index contributed by atoms with van der Waals surface area (Å²) < 4.78 is 0. The molecule has 2 nitrogen and oxygen atoms in total. The molecule has 1 rings (SSSR count). The van der Waals surface area contributed by atoms with Crippen LogP contribution in [0.1, 0.15) is 19.8 Å². The zero-order valence-electron chi connectivity index (χ0n) is 7.87. The second-order valence-electron chi connectivity index (χ2n) is 3.63. The van der Waals surface area contributed by atoms with E-state index in [2.05, 4.69) is 18.4 Å². The fraction of sp³-hybridized carbons (Fsp3) is 0.800. The Hall–Kier alpha value is -0.340. The van der Waals surface area contributed by atoms with Crippen LogP contribution < -0.4 is 0 Å². The fourth-order valence-corrected chi connectivity index (χ4v) is 1.92. The molecule has 1 N–H and O–H groups in total. The molecule has 1 saturated heterocycles. The predicted molar refractivity (Wildman–Crippen MR) is 51.0 cm³/mol. The second-order valence-corrected chi connectivity index (χ2v) is 3.63. The summed E-state index contributed by atoms with van der Waals surface area (Å²) in [7, 11) is 0. The fourth-order valence-electron chi connectivity index (χ4n) is 1.92. The number of hydrogen-bond donors (Lipinski definition) is 1. The Kier molecular flexibility index (Phi) is 3.76. The van der Waals surface area contributed by atoms with Crippen molar-refractivity contribution in [3.05, 3.63) is 12.7 Å². The number of nitrogens with zero attached hydrogens (tertiary/aromatic N) is 1. The minimum absolute atomic E-state index is 0.304. The maximum Gasteiger partial charge on any atom is 0.0589 e. The van der Waals surface area contributed by atoms with Gasteiger partial charge in [0.15, 0.2) is 0 Å². The van der Waals surface area contributed by atoms with Gasteiger partial charge in [0.2, 0.25) is 0 Å². The average molecular weight is 169 g/mol. The van der Waals surface area contributed by atoms with Crippen LogP contribution in [0.25, 0.3) is 0 Å². The maximum atomic E-state index is 9.14. The van der Waals surface area contributed by atoms with Gasteiger partial charge in [0.05, 0.1) is 6.61 Å². The molecule has 2 atom stereocenters. The Morgan fingerprint density at radius 2 is 2.42 bits per heavy atom. The van der Waals surface area contributed by atoms with Crippen LogP contribution in [0.2, 0.25) is 0 Å². The highest BCUT2D eigenvalue weighted by Crippen LogP contribution is 2.23. The van der Waals surface area contributed by atoms with Crippen molar-refractivity contribution >= 4 is 0 Å². The van der Waals surface area contributed by atoms with Gasteiger partial charge in [-0.15, -0.1) is 6.58 Å². The van der Waals surface area contributed by atoms with Crippen LogP contribution >= 0.6 is 0 Å². The van der Waals surface area contributed by atoms with Gasteiger partial charge >= 0.3 is 0 Å². The van der Waals surface area contributed by atoms with E-state index >= 15 is 0 Å². The van der Waals surface area contributed by atoms with E-state index in [1.54, 1.807) is 0 Å². The third kappa shape index (κ3) is 2.08. The minimum Gasteiger partial charge on any atom is -0.395 e. The standard InChI is InChI=1S/C10H19NO/c1-3-4-6-11-7-5-9(2)10(11)8-12/h3,9-10,12H,1,4-8H2,2H3. The second kappa shape index (κ2) is 4.63. The van der Waals surface area contributed by atoms with Gasteiger partial charge in [0, 0.05) is 12.6 Å². The zero-order valence-corrected chi connectivity index (χ0v) is 7.87. The van der Waals surface area contributed by atoms with E-state index < -0.39 is 0 Å². The molecule has 0 saturated carbocycles. The van der Waals surface area contributed by atoms with Crippen molar-refractivity contribution < 1.29 is 5.11 Å². The summed E-state index contributed by atoms with van der Waals surface area (Å²) in [4.78, 5) is 2.37.